The van der Waals surface area contributed by atoms with Crippen molar-refractivity contribution >= 4 is 23.6 Å². The van der Waals surface area contributed by atoms with Crippen LogP contribution in [0.4, 0.5) is 4.39 Å². The molecule has 0 aliphatic carbocycles. The van der Waals surface area contributed by atoms with Gasteiger partial charge in [-0.2, -0.15) is 0 Å². The first kappa shape index (κ1) is 34.3. The van der Waals surface area contributed by atoms with Crippen LogP contribution in [-0.2, 0) is 16.1 Å². The summed E-state index contributed by atoms with van der Waals surface area (Å²) in [5.74, 6) is -0.0974. The van der Waals surface area contributed by atoms with Crippen molar-refractivity contribution < 1.29 is 42.5 Å². The summed E-state index contributed by atoms with van der Waals surface area (Å²) in [6, 6.07) is 22.3. The molecule has 4 aromatic rings. The molecule has 0 radical (unpaired) electrons. The first-order valence-corrected chi connectivity index (χ1v) is 17.0. The second-order valence-corrected chi connectivity index (χ2v) is 12.8. The van der Waals surface area contributed by atoms with Crippen molar-refractivity contribution in [1.29, 1.82) is 0 Å². The zero-order valence-electron chi connectivity index (χ0n) is 28.4. The zero-order chi connectivity index (χ0) is 36.2. The highest BCUT2D eigenvalue weighted by molar-refractivity contribution is 6.00. The maximum Gasteiger partial charge on any atom is 0.264 e. The standard InChI is InChI=1S/C39H37FN4O8/c1-49-33-11-6-25-20-34(33)51-29-19-24(18-26(40)21-29)23-42-38(48)39(52-28-9-7-27(8-10-28)50-17-14-41-36(25)46)12-15-44(16-13-39)35(45)22-32-30-4-2-3-5-31(30)37(47)43-32/h2-11,18-21,32H,12-17,22-23H2,1H3,(H,41,46)(H,42,48)(H,43,47). The Hall–Kier alpha value is -6.11. The van der Waals surface area contributed by atoms with Crippen molar-refractivity contribution in [1.82, 2.24) is 20.9 Å². The van der Waals surface area contributed by atoms with Crippen LogP contribution in [0.1, 0.15) is 57.1 Å². The lowest BCUT2D eigenvalue weighted by molar-refractivity contribution is -0.146. The topological polar surface area (TPSA) is 145 Å². The fourth-order valence-corrected chi connectivity index (χ4v) is 6.69. The maximum atomic E-state index is 14.9. The van der Waals surface area contributed by atoms with Gasteiger partial charge < -0.3 is 39.8 Å². The van der Waals surface area contributed by atoms with Crippen LogP contribution in [0.3, 0.4) is 0 Å². The van der Waals surface area contributed by atoms with Crippen molar-refractivity contribution in [2.75, 3.05) is 33.4 Å². The van der Waals surface area contributed by atoms with Gasteiger partial charge in [-0.1, -0.05) is 18.2 Å². The van der Waals surface area contributed by atoms with E-state index < -0.39 is 23.4 Å². The highest BCUT2D eigenvalue weighted by Gasteiger charge is 2.45. The molecule has 0 saturated carbocycles. The Kier molecular flexibility index (Phi) is 9.66. The number of carbonyl (C=O) groups excluding carboxylic acids is 4. The number of likely N-dealkylation sites (tertiary alicyclic amines) is 1. The largest absolute Gasteiger partial charge is 0.493 e. The Bertz CT molecular complexity index is 2010. The van der Waals surface area contributed by atoms with Gasteiger partial charge in [-0.25, -0.2) is 4.39 Å². The SMILES string of the molecule is COc1ccc2cc1Oc1cc(F)cc(c1)CNC(=O)C1(CCN(C(=O)CC3NC(=O)c4ccccc43)CC1)Oc1ccc(cc1)OCCNC2=O. The Balaban J connectivity index is 1.12. The van der Waals surface area contributed by atoms with Crippen molar-refractivity contribution in [3.63, 3.8) is 0 Å². The fourth-order valence-electron chi connectivity index (χ4n) is 6.69. The van der Waals surface area contributed by atoms with Crippen LogP contribution in [0.15, 0.2) is 84.9 Å². The summed E-state index contributed by atoms with van der Waals surface area (Å²) in [6.07, 6.45) is 0.460. The average molecular weight is 709 g/mol. The average Bonchev–Trinajstić information content (AvgIpc) is 3.46. The molecule has 1 spiro atoms. The van der Waals surface area contributed by atoms with E-state index in [4.69, 9.17) is 18.9 Å². The Labute approximate surface area is 299 Å². The van der Waals surface area contributed by atoms with Crippen molar-refractivity contribution in [2.45, 2.75) is 37.5 Å². The van der Waals surface area contributed by atoms with E-state index in [-0.39, 0.29) is 81.3 Å². The van der Waals surface area contributed by atoms with Crippen LogP contribution in [0.5, 0.6) is 28.7 Å². The molecule has 1 atom stereocenters. The van der Waals surface area contributed by atoms with Gasteiger partial charge in [0.2, 0.25) is 5.91 Å². The van der Waals surface area contributed by atoms with Crippen molar-refractivity contribution in [3.8, 4) is 28.7 Å². The molecule has 4 aliphatic heterocycles. The van der Waals surface area contributed by atoms with E-state index in [1.165, 1.54) is 25.3 Å². The number of methoxy groups -OCH3 is 1. The number of carbonyl (C=O) groups is 4. The molecule has 4 amide bonds. The van der Waals surface area contributed by atoms with E-state index in [1.807, 2.05) is 12.1 Å². The Morgan fingerprint density at radius 2 is 1.67 bits per heavy atom. The third-order valence-corrected chi connectivity index (χ3v) is 9.43. The smallest absolute Gasteiger partial charge is 0.264 e. The van der Waals surface area contributed by atoms with Gasteiger partial charge in [0.1, 0.15) is 29.7 Å². The van der Waals surface area contributed by atoms with Gasteiger partial charge in [-0.15, -0.1) is 0 Å². The molecule has 268 valence electrons. The van der Waals surface area contributed by atoms with E-state index in [0.717, 1.165) is 5.56 Å². The highest BCUT2D eigenvalue weighted by atomic mass is 19.1. The zero-order valence-corrected chi connectivity index (χ0v) is 28.4. The minimum absolute atomic E-state index is 0.0478. The summed E-state index contributed by atoms with van der Waals surface area (Å²) >= 11 is 0. The second kappa shape index (κ2) is 14.6. The van der Waals surface area contributed by atoms with Crippen molar-refractivity contribution in [3.05, 3.63) is 113 Å². The van der Waals surface area contributed by atoms with E-state index >= 15 is 0 Å². The normalized spacial score (nSPS) is 18.4. The lowest BCUT2D eigenvalue weighted by Crippen LogP contribution is -2.58. The molecule has 8 rings (SSSR count). The first-order chi connectivity index (χ1) is 25.2. The number of fused-ring (bicyclic) bond motifs is 9. The molecular weight excluding hydrogens is 671 g/mol. The van der Waals surface area contributed by atoms with E-state index in [2.05, 4.69) is 16.0 Å². The molecule has 1 unspecified atom stereocenters. The predicted molar refractivity (Wildman–Crippen MR) is 186 cm³/mol. The molecule has 13 heteroatoms. The molecule has 12 nitrogen and oxygen atoms in total. The molecule has 3 N–H and O–H groups in total. The van der Waals surface area contributed by atoms with E-state index in [0.29, 0.717) is 33.9 Å². The molecule has 6 bridgehead atoms. The third-order valence-electron chi connectivity index (χ3n) is 9.43. The minimum atomic E-state index is -1.35. The molecule has 4 aliphatic rings. The number of nitrogens with zero attached hydrogens (tertiary/aromatic N) is 1. The van der Waals surface area contributed by atoms with Gasteiger partial charge in [-0.05, 0) is 71.8 Å². The summed E-state index contributed by atoms with van der Waals surface area (Å²) in [4.78, 5) is 54.5. The van der Waals surface area contributed by atoms with Gasteiger partial charge in [0, 0.05) is 49.7 Å². The van der Waals surface area contributed by atoms with E-state index in [9.17, 15) is 23.6 Å². The van der Waals surface area contributed by atoms with Crippen LogP contribution >= 0.6 is 0 Å². The van der Waals surface area contributed by atoms with Crippen molar-refractivity contribution in [2.24, 2.45) is 0 Å². The number of amides is 4. The predicted octanol–water partition coefficient (Wildman–Crippen LogP) is 4.68. The lowest BCUT2D eigenvalue weighted by atomic mass is 9.89. The summed E-state index contributed by atoms with van der Waals surface area (Å²) in [6.45, 7) is 0.822. The molecule has 1 saturated heterocycles. The minimum Gasteiger partial charge on any atom is -0.493 e. The van der Waals surface area contributed by atoms with Crippen LogP contribution < -0.4 is 34.9 Å². The van der Waals surface area contributed by atoms with Crippen LogP contribution in [0.25, 0.3) is 0 Å². The Morgan fingerprint density at radius 1 is 0.904 bits per heavy atom. The number of nitrogens with one attached hydrogen (secondary N) is 3. The molecule has 4 aromatic carbocycles. The fraction of sp³-hybridized carbons (Fsp3) is 0.282. The number of hydrogen-bond donors (Lipinski definition) is 3. The monoisotopic (exact) mass is 708 g/mol. The number of halogens is 1. The van der Waals surface area contributed by atoms with Gasteiger partial charge in [0.05, 0.1) is 26.1 Å². The Morgan fingerprint density at radius 3 is 2.46 bits per heavy atom. The van der Waals surface area contributed by atoms with Gasteiger partial charge in [0.25, 0.3) is 17.7 Å². The quantitative estimate of drug-likeness (QED) is 0.279. The third kappa shape index (κ3) is 7.34. The summed E-state index contributed by atoms with van der Waals surface area (Å²) in [5, 5.41) is 8.62. The van der Waals surface area contributed by atoms with Crippen LogP contribution in [-0.4, -0.2) is 67.5 Å². The number of rotatable bonds is 3. The molecule has 1 fully saturated rings. The molecule has 4 heterocycles. The number of ether oxygens (including phenoxy) is 4. The van der Waals surface area contributed by atoms with Gasteiger partial charge in [0.15, 0.2) is 17.1 Å². The van der Waals surface area contributed by atoms with Crippen LogP contribution in [0.2, 0.25) is 0 Å². The number of hydrogen-bond acceptors (Lipinski definition) is 8. The van der Waals surface area contributed by atoms with Gasteiger partial charge >= 0.3 is 0 Å². The highest BCUT2D eigenvalue weighted by Crippen LogP contribution is 2.35. The number of benzene rings is 4. The van der Waals surface area contributed by atoms with E-state index in [1.54, 1.807) is 59.5 Å². The summed E-state index contributed by atoms with van der Waals surface area (Å²) < 4.78 is 38.6. The lowest BCUT2D eigenvalue weighted by Gasteiger charge is -2.41. The molecule has 0 aromatic heterocycles. The molecular formula is C39H37FN4O8. The second-order valence-electron chi connectivity index (χ2n) is 12.8. The first-order valence-electron chi connectivity index (χ1n) is 17.0. The van der Waals surface area contributed by atoms with Crippen LogP contribution in [0, 0.1) is 5.82 Å². The summed E-state index contributed by atoms with van der Waals surface area (Å²) in [7, 11) is 1.46. The summed E-state index contributed by atoms with van der Waals surface area (Å²) in [5.41, 5.74) is 0.733. The molecule has 52 heavy (non-hydrogen) atoms. The van der Waals surface area contributed by atoms with Gasteiger partial charge in [-0.3, -0.25) is 19.2 Å². The maximum absolute atomic E-state index is 14.9. The number of piperidine rings is 1.